The van der Waals surface area contributed by atoms with Crippen LogP contribution in [0.1, 0.15) is 81.6 Å². The fourth-order valence-corrected chi connectivity index (χ4v) is 5.89. The van der Waals surface area contributed by atoms with Crippen molar-refractivity contribution in [2.75, 3.05) is 7.11 Å². The smallest absolute Gasteiger partial charge is 0.309 e. The summed E-state index contributed by atoms with van der Waals surface area (Å²) in [7, 11) is 1.41. The van der Waals surface area contributed by atoms with Gasteiger partial charge in [0.2, 0.25) is 0 Å². The first-order valence-electron chi connectivity index (χ1n) is 13.6. The maximum absolute atomic E-state index is 13.3. The quantitative estimate of drug-likeness (QED) is 0.338. The van der Waals surface area contributed by atoms with E-state index in [1.165, 1.54) is 45.1 Å². The Kier molecular flexibility index (Phi) is 9.42. The summed E-state index contributed by atoms with van der Waals surface area (Å²) < 4.78 is 17.6. The van der Waals surface area contributed by atoms with Crippen molar-refractivity contribution >= 4 is 11.8 Å². The van der Waals surface area contributed by atoms with Crippen molar-refractivity contribution in [3.8, 4) is 17.2 Å². The molecule has 2 aromatic rings. The Morgan fingerprint density at radius 1 is 1.05 bits per heavy atom. The molecule has 4 atom stereocenters. The van der Waals surface area contributed by atoms with Gasteiger partial charge in [0.25, 0.3) is 0 Å². The highest BCUT2D eigenvalue weighted by Gasteiger charge is 2.36. The number of benzene rings is 1. The van der Waals surface area contributed by atoms with Gasteiger partial charge in [-0.05, 0) is 50.2 Å². The number of rotatable bonds is 8. The second-order valence-corrected chi connectivity index (χ2v) is 10.5. The van der Waals surface area contributed by atoms with Gasteiger partial charge in [0.15, 0.2) is 23.0 Å². The van der Waals surface area contributed by atoms with E-state index in [9.17, 15) is 14.7 Å². The number of carbonyl (C=O) groups is 2. The number of aromatic nitrogens is 1. The lowest BCUT2D eigenvalue weighted by Gasteiger charge is -2.35. The molecule has 7 nitrogen and oxygen atoms in total. The minimum Gasteiger partial charge on any atom is -0.503 e. The van der Waals surface area contributed by atoms with E-state index in [1.807, 2.05) is 37.3 Å². The van der Waals surface area contributed by atoms with E-state index in [-0.39, 0.29) is 29.7 Å². The Morgan fingerprint density at radius 3 is 2.49 bits per heavy atom. The number of aromatic hydroxyl groups is 1. The van der Waals surface area contributed by atoms with Gasteiger partial charge in [-0.15, -0.1) is 0 Å². The Morgan fingerprint density at radius 2 is 1.76 bits per heavy atom. The van der Waals surface area contributed by atoms with Crippen LogP contribution in [0.5, 0.6) is 17.2 Å². The summed E-state index contributed by atoms with van der Waals surface area (Å²) in [5, 5.41) is 10.4. The number of cyclic esters (lactones) is 1. The van der Waals surface area contributed by atoms with E-state index in [0.717, 1.165) is 31.4 Å². The number of nitrogens with zero attached hydrogens (tertiary/aromatic N) is 1. The summed E-state index contributed by atoms with van der Waals surface area (Å²) in [4.78, 5) is 30.4. The molecule has 0 radical (unpaired) electrons. The topological polar surface area (TPSA) is 95.0 Å². The van der Waals surface area contributed by atoms with Crippen LogP contribution in [0.3, 0.4) is 0 Å². The predicted molar refractivity (Wildman–Crippen MR) is 140 cm³/mol. The van der Waals surface area contributed by atoms with Crippen molar-refractivity contribution in [3.05, 3.63) is 48.3 Å². The first kappa shape index (κ1) is 27.0. The van der Waals surface area contributed by atoms with Crippen molar-refractivity contribution in [3.63, 3.8) is 0 Å². The highest BCUT2D eigenvalue weighted by atomic mass is 16.6. The van der Waals surface area contributed by atoms with Crippen molar-refractivity contribution < 1.29 is 28.9 Å². The third-order valence-electron chi connectivity index (χ3n) is 7.87. The van der Waals surface area contributed by atoms with Crippen molar-refractivity contribution in [2.45, 2.75) is 83.3 Å². The third-order valence-corrected chi connectivity index (χ3v) is 7.87. The number of Topliss-reactive ketones (excluding diaryl/α,β-unsaturated/α-hetero) is 1. The SMILES string of the molecule is COc1ccnc(C(=O)C[C@H]2CCCC[C@H](CC3CCCC3)[C@@H](Oc3ccccc3)[C@H](C)OC2=O)c1O. The fourth-order valence-electron chi connectivity index (χ4n) is 5.89. The molecule has 1 aliphatic carbocycles. The molecule has 0 bridgehead atoms. The van der Waals surface area contributed by atoms with Crippen LogP contribution in [0.2, 0.25) is 0 Å². The van der Waals surface area contributed by atoms with Crippen molar-refractivity contribution in [1.29, 1.82) is 0 Å². The standard InChI is InChI=1S/C30H39NO6/c1-20-29(37-24-14-4-3-5-15-24)22(18-21-10-6-7-11-21)12-8-9-13-23(30(34)36-20)19-25(32)27-28(33)26(35-2)16-17-31-27/h3-5,14-17,20-23,29,33H,6-13,18-19H2,1-2H3/t20-,22+,23+,29-/m0/s1. The maximum atomic E-state index is 13.3. The largest absolute Gasteiger partial charge is 0.503 e. The molecule has 1 aliphatic heterocycles. The average Bonchev–Trinajstić information content (AvgIpc) is 3.41. The molecule has 1 saturated heterocycles. The number of ketones is 1. The van der Waals surface area contributed by atoms with Crippen LogP contribution < -0.4 is 9.47 Å². The summed E-state index contributed by atoms with van der Waals surface area (Å²) in [6.45, 7) is 1.91. The minimum absolute atomic E-state index is 0.0744. The number of methoxy groups -OCH3 is 1. The zero-order chi connectivity index (χ0) is 26.2. The number of hydrogen-bond donors (Lipinski definition) is 1. The molecular weight excluding hydrogens is 470 g/mol. The molecule has 0 spiro atoms. The van der Waals surface area contributed by atoms with Crippen LogP contribution in [0.4, 0.5) is 0 Å². The molecule has 2 fully saturated rings. The van der Waals surface area contributed by atoms with Crippen molar-refractivity contribution in [2.24, 2.45) is 17.8 Å². The number of carbonyl (C=O) groups excluding carboxylic acids is 2. The third kappa shape index (κ3) is 7.02. The van der Waals surface area contributed by atoms with E-state index in [2.05, 4.69) is 4.98 Å². The van der Waals surface area contributed by atoms with E-state index in [0.29, 0.717) is 18.3 Å². The van der Waals surface area contributed by atoms with E-state index >= 15 is 0 Å². The lowest BCUT2D eigenvalue weighted by atomic mass is 9.82. The number of ether oxygens (including phenoxy) is 3. The van der Waals surface area contributed by atoms with Crippen LogP contribution in [0.15, 0.2) is 42.6 Å². The summed E-state index contributed by atoms with van der Waals surface area (Å²) in [6.07, 6.45) is 10.1. The summed E-state index contributed by atoms with van der Waals surface area (Å²) >= 11 is 0. The summed E-state index contributed by atoms with van der Waals surface area (Å²) in [5.74, 6) is 0.234. The Bertz CT molecular complexity index is 1040. The van der Waals surface area contributed by atoms with Gasteiger partial charge in [-0.3, -0.25) is 9.59 Å². The predicted octanol–water partition coefficient (Wildman–Crippen LogP) is 6.13. The molecular formula is C30H39NO6. The molecule has 4 rings (SSSR count). The summed E-state index contributed by atoms with van der Waals surface area (Å²) in [6, 6.07) is 11.2. The number of hydrogen-bond acceptors (Lipinski definition) is 7. The summed E-state index contributed by atoms with van der Waals surface area (Å²) in [5.41, 5.74) is -0.0841. The Hall–Kier alpha value is -3.09. The molecule has 1 N–H and O–H groups in total. The van der Waals surface area contributed by atoms with Crippen LogP contribution in [0, 0.1) is 17.8 Å². The number of pyridine rings is 1. The van der Waals surface area contributed by atoms with Crippen molar-refractivity contribution in [1.82, 2.24) is 4.98 Å². The average molecular weight is 510 g/mol. The molecule has 1 aromatic carbocycles. The second kappa shape index (κ2) is 12.9. The normalized spacial score (nSPS) is 25.3. The first-order chi connectivity index (χ1) is 18.0. The van der Waals surface area contributed by atoms with Gasteiger partial charge in [-0.1, -0.05) is 56.7 Å². The Balaban J connectivity index is 1.50. The fraction of sp³-hybridized carbons (Fsp3) is 0.567. The van der Waals surface area contributed by atoms with Gasteiger partial charge in [0, 0.05) is 18.7 Å². The van der Waals surface area contributed by atoms with E-state index < -0.39 is 23.8 Å². The van der Waals surface area contributed by atoms with Gasteiger partial charge in [-0.25, -0.2) is 4.98 Å². The van der Waals surface area contributed by atoms with Gasteiger partial charge in [0.1, 0.15) is 18.0 Å². The number of esters is 1. The zero-order valence-corrected chi connectivity index (χ0v) is 21.9. The van der Waals surface area contributed by atoms with Gasteiger partial charge in [-0.2, -0.15) is 0 Å². The molecule has 0 amide bonds. The zero-order valence-electron chi connectivity index (χ0n) is 21.9. The van der Waals surface area contributed by atoms with E-state index in [1.54, 1.807) is 0 Å². The van der Waals surface area contributed by atoms with E-state index in [4.69, 9.17) is 14.2 Å². The molecule has 7 heteroatoms. The molecule has 200 valence electrons. The van der Waals surface area contributed by atoms with Crippen LogP contribution in [-0.4, -0.2) is 41.2 Å². The van der Waals surface area contributed by atoms with Crippen LogP contribution >= 0.6 is 0 Å². The first-order valence-corrected chi connectivity index (χ1v) is 13.6. The maximum Gasteiger partial charge on any atom is 0.309 e. The molecule has 2 aliphatic rings. The lowest BCUT2D eigenvalue weighted by Crippen LogP contribution is -2.42. The molecule has 0 unspecified atom stereocenters. The van der Waals surface area contributed by atoms with Crippen LogP contribution in [0.25, 0.3) is 0 Å². The highest BCUT2D eigenvalue weighted by molar-refractivity contribution is 5.99. The Labute approximate surface area is 219 Å². The molecule has 2 heterocycles. The van der Waals surface area contributed by atoms with Gasteiger partial charge >= 0.3 is 5.97 Å². The second-order valence-electron chi connectivity index (χ2n) is 10.5. The monoisotopic (exact) mass is 509 g/mol. The lowest BCUT2D eigenvalue weighted by molar-refractivity contribution is -0.160. The minimum atomic E-state index is -0.605. The van der Waals surface area contributed by atoms with Gasteiger partial charge in [0.05, 0.1) is 13.0 Å². The highest BCUT2D eigenvalue weighted by Crippen LogP contribution is 2.37. The van der Waals surface area contributed by atoms with Gasteiger partial charge < -0.3 is 19.3 Å². The number of para-hydroxylation sites is 1. The molecule has 1 aromatic heterocycles. The molecule has 1 saturated carbocycles. The van der Waals surface area contributed by atoms with Crippen LogP contribution in [-0.2, 0) is 9.53 Å². The molecule has 37 heavy (non-hydrogen) atoms.